The highest BCUT2D eigenvalue weighted by atomic mass is 16.6. The molecule has 7 heteroatoms. The molecule has 0 saturated heterocycles. The topological polar surface area (TPSA) is 81.0 Å². The minimum Gasteiger partial charge on any atom is -0.486 e. The predicted molar refractivity (Wildman–Crippen MR) is 121 cm³/mol. The zero-order valence-electron chi connectivity index (χ0n) is 17.5. The van der Waals surface area contributed by atoms with Crippen molar-refractivity contribution >= 4 is 23.6 Å². The highest BCUT2D eigenvalue weighted by molar-refractivity contribution is 5.95. The van der Waals surface area contributed by atoms with Crippen LogP contribution in [0.1, 0.15) is 22.5 Å². The Labute approximate surface area is 186 Å². The molecule has 2 heterocycles. The van der Waals surface area contributed by atoms with Crippen molar-refractivity contribution in [3.05, 3.63) is 84.3 Å². The fourth-order valence-corrected chi connectivity index (χ4v) is 3.32. The van der Waals surface area contributed by atoms with Gasteiger partial charge >= 0.3 is 0 Å². The Balaban J connectivity index is 1.45. The summed E-state index contributed by atoms with van der Waals surface area (Å²) >= 11 is 0. The third kappa shape index (κ3) is 5.37. The quantitative estimate of drug-likeness (QED) is 0.584. The van der Waals surface area contributed by atoms with Crippen LogP contribution in [-0.2, 0) is 4.79 Å². The van der Waals surface area contributed by atoms with Crippen molar-refractivity contribution in [2.75, 3.05) is 31.2 Å². The predicted octanol–water partition coefficient (Wildman–Crippen LogP) is 3.92. The second-order valence-electron chi connectivity index (χ2n) is 7.13. The van der Waals surface area contributed by atoms with Crippen molar-refractivity contribution in [3.8, 4) is 11.5 Å². The van der Waals surface area contributed by atoms with Crippen molar-refractivity contribution in [1.29, 1.82) is 0 Å². The summed E-state index contributed by atoms with van der Waals surface area (Å²) in [6.45, 7) is 1.54. The lowest BCUT2D eigenvalue weighted by molar-refractivity contribution is -0.118. The standard InChI is InChI=1S/C25H24N2O5/c28-24(12-13-26-25(29)22-9-5-15-30-22)27(14-4-8-19-6-2-1-3-7-19)20-10-11-21-23(18-20)32-17-16-31-21/h1-11,15,18H,12-14,16-17H2,(H,26,29)/b8-4+. The molecule has 0 saturated carbocycles. The van der Waals surface area contributed by atoms with Gasteiger partial charge in [0.25, 0.3) is 5.91 Å². The first-order valence-corrected chi connectivity index (χ1v) is 10.4. The molecular formula is C25H24N2O5. The fourth-order valence-electron chi connectivity index (χ4n) is 3.32. The van der Waals surface area contributed by atoms with Crippen molar-refractivity contribution in [2.24, 2.45) is 0 Å². The van der Waals surface area contributed by atoms with Crippen LogP contribution < -0.4 is 19.7 Å². The molecule has 1 aromatic heterocycles. The summed E-state index contributed by atoms with van der Waals surface area (Å²) < 4.78 is 16.3. The van der Waals surface area contributed by atoms with Crippen LogP contribution in [0.4, 0.5) is 5.69 Å². The average molecular weight is 432 g/mol. The number of carbonyl (C=O) groups is 2. The molecule has 4 rings (SSSR count). The maximum atomic E-state index is 13.1. The summed E-state index contributed by atoms with van der Waals surface area (Å²) in [6.07, 6.45) is 5.48. The molecule has 1 aliphatic rings. The molecule has 0 radical (unpaired) electrons. The van der Waals surface area contributed by atoms with Crippen LogP contribution >= 0.6 is 0 Å². The first kappa shape index (κ1) is 21.2. The number of fused-ring (bicyclic) bond motifs is 1. The van der Waals surface area contributed by atoms with E-state index in [1.165, 1.54) is 6.26 Å². The lowest BCUT2D eigenvalue weighted by Crippen LogP contribution is -2.35. The first-order chi connectivity index (χ1) is 15.7. The number of carbonyl (C=O) groups excluding carboxylic acids is 2. The summed E-state index contributed by atoms with van der Waals surface area (Å²) in [5, 5.41) is 2.71. The van der Waals surface area contributed by atoms with Crippen LogP contribution in [0.15, 0.2) is 77.4 Å². The Morgan fingerprint density at radius 1 is 0.969 bits per heavy atom. The lowest BCUT2D eigenvalue weighted by atomic mass is 10.2. The molecule has 2 aromatic carbocycles. The van der Waals surface area contributed by atoms with Crippen LogP contribution in [-0.4, -0.2) is 38.1 Å². The van der Waals surface area contributed by atoms with Crippen LogP contribution in [0.3, 0.4) is 0 Å². The maximum Gasteiger partial charge on any atom is 0.286 e. The summed E-state index contributed by atoms with van der Waals surface area (Å²) in [4.78, 5) is 26.8. The minimum atomic E-state index is -0.349. The zero-order chi connectivity index (χ0) is 22.2. The zero-order valence-corrected chi connectivity index (χ0v) is 17.5. The Hall–Kier alpha value is -4.00. The number of hydrogen-bond acceptors (Lipinski definition) is 5. The van der Waals surface area contributed by atoms with Crippen molar-refractivity contribution in [3.63, 3.8) is 0 Å². The highest BCUT2D eigenvalue weighted by Gasteiger charge is 2.19. The SMILES string of the molecule is O=C(NCCC(=O)N(C/C=C/c1ccccc1)c1ccc2c(c1)OCCO2)c1ccco1. The molecule has 0 spiro atoms. The van der Waals surface area contributed by atoms with Gasteiger partial charge in [-0.1, -0.05) is 42.5 Å². The van der Waals surface area contributed by atoms with Gasteiger partial charge in [0.05, 0.1) is 6.26 Å². The van der Waals surface area contributed by atoms with E-state index in [1.807, 2.05) is 60.7 Å². The molecule has 3 aromatic rings. The van der Waals surface area contributed by atoms with Crippen LogP contribution in [0.25, 0.3) is 6.08 Å². The highest BCUT2D eigenvalue weighted by Crippen LogP contribution is 2.34. The number of nitrogens with zero attached hydrogens (tertiary/aromatic N) is 1. The van der Waals surface area contributed by atoms with E-state index in [0.29, 0.717) is 36.9 Å². The second-order valence-corrected chi connectivity index (χ2v) is 7.13. The van der Waals surface area contributed by atoms with Gasteiger partial charge in [0.15, 0.2) is 17.3 Å². The van der Waals surface area contributed by atoms with E-state index in [0.717, 1.165) is 5.56 Å². The number of rotatable bonds is 8. The number of hydrogen-bond donors (Lipinski definition) is 1. The van der Waals surface area contributed by atoms with Gasteiger partial charge in [-0.05, 0) is 29.8 Å². The van der Waals surface area contributed by atoms with E-state index in [9.17, 15) is 9.59 Å². The Morgan fingerprint density at radius 3 is 2.56 bits per heavy atom. The third-order valence-corrected chi connectivity index (χ3v) is 4.91. The van der Waals surface area contributed by atoms with Gasteiger partial charge in [-0.25, -0.2) is 0 Å². The summed E-state index contributed by atoms with van der Waals surface area (Å²) in [7, 11) is 0. The summed E-state index contributed by atoms with van der Waals surface area (Å²) in [5.41, 5.74) is 1.75. The molecule has 1 aliphatic heterocycles. The molecule has 1 N–H and O–H groups in total. The first-order valence-electron chi connectivity index (χ1n) is 10.4. The molecule has 32 heavy (non-hydrogen) atoms. The third-order valence-electron chi connectivity index (χ3n) is 4.91. The van der Waals surface area contributed by atoms with Gasteiger partial charge in [-0.2, -0.15) is 0 Å². The number of furan rings is 1. The number of amides is 2. The number of ether oxygens (including phenoxy) is 2. The van der Waals surface area contributed by atoms with Crippen LogP contribution in [0.2, 0.25) is 0 Å². The van der Waals surface area contributed by atoms with Gasteiger partial charge in [0.1, 0.15) is 13.2 Å². The normalized spacial score (nSPS) is 12.5. The lowest BCUT2D eigenvalue weighted by Gasteiger charge is -2.24. The van der Waals surface area contributed by atoms with Gasteiger partial charge in [0.2, 0.25) is 5.91 Å². The van der Waals surface area contributed by atoms with Crippen molar-refractivity contribution < 1.29 is 23.5 Å². The molecule has 7 nitrogen and oxygen atoms in total. The van der Waals surface area contributed by atoms with Crippen LogP contribution in [0, 0.1) is 0 Å². The molecule has 0 bridgehead atoms. The average Bonchev–Trinajstić information content (AvgIpc) is 3.37. The Morgan fingerprint density at radius 2 is 1.78 bits per heavy atom. The molecule has 0 atom stereocenters. The smallest absolute Gasteiger partial charge is 0.286 e. The minimum absolute atomic E-state index is 0.126. The Bertz CT molecular complexity index is 1080. The second kappa shape index (κ2) is 10.3. The molecule has 164 valence electrons. The fraction of sp³-hybridized carbons (Fsp3) is 0.200. The number of nitrogens with one attached hydrogen (secondary N) is 1. The monoisotopic (exact) mass is 432 g/mol. The largest absolute Gasteiger partial charge is 0.486 e. The van der Waals surface area contributed by atoms with E-state index >= 15 is 0 Å². The number of benzene rings is 2. The number of anilines is 1. The molecule has 2 amide bonds. The van der Waals surface area contributed by atoms with Gasteiger partial charge in [-0.3, -0.25) is 9.59 Å². The molecular weight excluding hydrogens is 408 g/mol. The van der Waals surface area contributed by atoms with Gasteiger partial charge < -0.3 is 24.1 Å². The van der Waals surface area contributed by atoms with E-state index in [-0.39, 0.29) is 30.5 Å². The van der Waals surface area contributed by atoms with E-state index in [4.69, 9.17) is 13.9 Å². The van der Waals surface area contributed by atoms with E-state index < -0.39 is 0 Å². The van der Waals surface area contributed by atoms with Gasteiger partial charge in [0, 0.05) is 31.3 Å². The molecule has 0 aliphatic carbocycles. The van der Waals surface area contributed by atoms with E-state index in [1.54, 1.807) is 17.0 Å². The van der Waals surface area contributed by atoms with E-state index in [2.05, 4.69) is 5.32 Å². The van der Waals surface area contributed by atoms with Gasteiger partial charge in [-0.15, -0.1) is 0 Å². The van der Waals surface area contributed by atoms with Crippen molar-refractivity contribution in [2.45, 2.75) is 6.42 Å². The maximum absolute atomic E-state index is 13.1. The molecule has 0 fully saturated rings. The van der Waals surface area contributed by atoms with Crippen LogP contribution in [0.5, 0.6) is 11.5 Å². The molecule has 0 unspecified atom stereocenters. The summed E-state index contributed by atoms with van der Waals surface area (Å²) in [5.74, 6) is 1.02. The Kier molecular flexibility index (Phi) is 6.87. The van der Waals surface area contributed by atoms with Crippen molar-refractivity contribution in [1.82, 2.24) is 5.32 Å². The summed E-state index contributed by atoms with van der Waals surface area (Å²) in [6, 6.07) is 18.6.